The Labute approximate surface area is 259 Å². The molecule has 4 aromatic rings. The molecule has 13 heteroatoms. The lowest BCUT2D eigenvalue weighted by Gasteiger charge is -2.24. The quantitative estimate of drug-likeness (QED) is 0.170. The van der Waals surface area contributed by atoms with Gasteiger partial charge in [-0.2, -0.15) is 5.10 Å². The Balaban J connectivity index is 1.57. The van der Waals surface area contributed by atoms with E-state index in [1.165, 1.54) is 56.6 Å². The lowest BCUT2D eigenvalue weighted by atomic mass is 10.2. The highest BCUT2D eigenvalue weighted by molar-refractivity contribution is 7.92. The van der Waals surface area contributed by atoms with Gasteiger partial charge in [-0.25, -0.2) is 13.8 Å². The first-order valence-electron chi connectivity index (χ1n) is 12.9. The number of benzene rings is 3. The van der Waals surface area contributed by atoms with Gasteiger partial charge in [0, 0.05) is 34.6 Å². The molecule has 0 radical (unpaired) electrons. The largest absolute Gasteiger partial charge is 0.497 e. The van der Waals surface area contributed by atoms with E-state index in [1.807, 2.05) is 24.5 Å². The molecule has 0 atom stereocenters. The monoisotopic (exact) mass is 641 g/mol. The summed E-state index contributed by atoms with van der Waals surface area (Å²) in [6.07, 6.45) is 1.47. The molecule has 2 N–H and O–H groups in total. The molecule has 0 saturated carbocycles. The number of nitrogens with zero attached hydrogens (tertiary/aromatic N) is 3. The first-order chi connectivity index (χ1) is 20.4. The number of amides is 2. The normalized spacial score (nSPS) is 11.4. The van der Waals surface area contributed by atoms with Crippen molar-refractivity contribution in [2.24, 2.45) is 5.10 Å². The summed E-state index contributed by atoms with van der Waals surface area (Å²) < 4.78 is 35.5. The zero-order valence-corrected chi connectivity index (χ0v) is 26.1. The molecule has 2 amide bonds. The smallest absolute Gasteiger partial charge is 0.264 e. The van der Waals surface area contributed by atoms with Gasteiger partial charge in [0.15, 0.2) is 0 Å². The van der Waals surface area contributed by atoms with Crippen molar-refractivity contribution in [1.82, 2.24) is 9.99 Å². The number of aromatic nitrogens is 1. The Bertz CT molecular complexity index is 1790. The molecule has 1 aromatic heterocycles. The molecule has 1 heterocycles. The number of hydrazone groups is 1. The van der Waals surface area contributed by atoms with Gasteiger partial charge in [0.2, 0.25) is 5.91 Å². The highest BCUT2D eigenvalue weighted by Crippen LogP contribution is 2.29. The van der Waals surface area contributed by atoms with Crippen molar-refractivity contribution in [3.8, 4) is 11.4 Å². The van der Waals surface area contributed by atoms with Gasteiger partial charge in [-0.15, -0.1) is 0 Å². The number of anilines is 2. The van der Waals surface area contributed by atoms with Crippen LogP contribution in [0.15, 0.2) is 82.8 Å². The highest BCUT2D eigenvalue weighted by Gasteiger charge is 2.27. The molecule has 0 bridgehead atoms. The first-order valence-corrected chi connectivity index (χ1v) is 15.1. The standard InChI is InChI=1S/C30H29Cl2N5O5S/c1-19-15-22(20(2)37(19)29-16-23(31)5-14-28(29)32)17-33-35-30(39)18-36(25-8-10-26(42-4)11-9-25)43(40,41)27-12-6-24(7-13-27)34-21(3)38/h5-17H,18H2,1-4H3,(H,34,38)(H,35,39)/b33-17+. The zero-order chi connectivity index (χ0) is 31.3. The molecule has 43 heavy (non-hydrogen) atoms. The van der Waals surface area contributed by atoms with Crippen LogP contribution in [0.5, 0.6) is 5.75 Å². The molecule has 0 unspecified atom stereocenters. The van der Waals surface area contributed by atoms with Gasteiger partial charge in [0.1, 0.15) is 12.3 Å². The summed E-state index contributed by atoms with van der Waals surface area (Å²) in [4.78, 5) is 24.3. The highest BCUT2D eigenvalue weighted by atomic mass is 35.5. The predicted molar refractivity (Wildman–Crippen MR) is 169 cm³/mol. The second-order valence-electron chi connectivity index (χ2n) is 9.47. The predicted octanol–water partition coefficient (Wildman–Crippen LogP) is 5.71. The fourth-order valence-corrected chi connectivity index (χ4v) is 6.18. The third-order valence-electron chi connectivity index (χ3n) is 6.42. The molecular formula is C30H29Cl2N5O5S. The number of sulfonamides is 1. The van der Waals surface area contributed by atoms with Crippen molar-refractivity contribution in [1.29, 1.82) is 0 Å². The van der Waals surface area contributed by atoms with E-state index >= 15 is 0 Å². The van der Waals surface area contributed by atoms with Crippen LogP contribution in [0.3, 0.4) is 0 Å². The minimum absolute atomic E-state index is 0.0687. The number of halogens is 2. The Hall–Kier alpha value is -4.32. The second kappa shape index (κ2) is 13.3. The van der Waals surface area contributed by atoms with Gasteiger partial charge in [0.25, 0.3) is 15.9 Å². The van der Waals surface area contributed by atoms with Crippen LogP contribution < -0.4 is 19.8 Å². The number of carbonyl (C=O) groups is 2. The first kappa shape index (κ1) is 31.6. The van der Waals surface area contributed by atoms with Crippen LogP contribution in [0.1, 0.15) is 23.9 Å². The Morgan fingerprint density at radius 2 is 1.67 bits per heavy atom. The lowest BCUT2D eigenvalue weighted by molar-refractivity contribution is -0.119. The van der Waals surface area contributed by atoms with E-state index in [1.54, 1.807) is 30.3 Å². The SMILES string of the molecule is COc1ccc(N(CC(=O)N/N=C/c2cc(C)n(-c3cc(Cl)ccc3Cl)c2C)S(=O)(=O)c2ccc(NC(C)=O)cc2)cc1. The van der Waals surface area contributed by atoms with E-state index in [4.69, 9.17) is 27.9 Å². The average Bonchev–Trinajstić information content (AvgIpc) is 3.25. The summed E-state index contributed by atoms with van der Waals surface area (Å²) in [5.41, 5.74) is 6.20. The fraction of sp³-hybridized carbons (Fsp3) is 0.167. The lowest BCUT2D eigenvalue weighted by Crippen LogP contribution is -2.39. The number of methoxy groups -OCH3 is 1. The van der Waals surface area contributed by atoms with Crippen LogP contribution in [-0.4, -0.2) is 44.7 Å². The maximum Gasteiger partial charge on any atom is 0.264 e. The van der Waals surface area contributed by atoms with Crippen molar-refractivity contribution in [2.75, 3.05) is 23.3 Å². The third-order valence-corrected chi connectivity index (χ3v) is 8.77. The number of carbonyl (C=O) groups excluding carboxylic acids is 2. The molecule has 0 aliphatic rings. The van der Waals surface area contributed by atoms with Crippen molar-refractivity contribution in [3.63, 3.8) is 0 Å². The van der Waals surface area contributed by atoms with Crippen LogP contribution in [-0.2, 0) is 19.6 Å². The summed E-state index contributed by atoms with van der Waals surface area (Å²) in [6, 6.07) is 19.0. The van der Waals surface area contributed by atoms with Crippen LogP contribution in [0.4, 0.5) is 11.4 Å². The van der Waals surface area contributed by atoms with Crippen molar-refractivity contribution >= 4 is 62.6 Å². The molecule has 3 aromatic carbocycles. The molecule has 10 nitrogen and oxygen atoms in total. The van der Waals surface area contributed by atoms with Crippen molar-refractivity contribution in [2.45, 2.75) is 25.7 Å². The minimum atomic E-state index is -4.20. The molecule has 0 aliphatic carbocycles. The molecule has 0 fully saturated rings. The molecule has 4 rings (SSSR count). The van der Waals surface area contributed by atoms with Crippen LogP contribution in [0, 0.1) is 13.8 Å². The molecule has 0 spiro atoms. The van der Waals surface area contributed by atoms with Gasteiger partial charge < -0.3 is 14.6 Å². The van der Waals surface area contributed by atoms with E-state index in [9.17, 15) is 18.0 Å². The van der Waals surface area contributed by atoms with Crippen LogP contribution >= 0.6 is 23.2 Å². The van der Waals surface area contributed by atoms with E-state index in [2.05, 4.69) is 15.8 Å². The third kappa shape index (κ3) is 7.37. The second-order valence-corrected chi connectivity index (χ2v) is 12.2. The maximum absolute atomic E-state index is 13.7. The molecule has 0 saturated heterocycles. The number of ether oxygens (including phenoxy) is 1. The zero-order valence-electron chi connectivity index (χ0n) is 23.8. The minimum Gasteiger partial charge on any atom is -0.497 e. The number of hydrogen-bond acceptors (Lipinski definition) is 6. The van der Waals surface area contributed by atoms with E-state index in [0.717, 1.165) is 15.7 Å². The van der Waals surface area contributed by atoms with E-state index in [0.29, 0.717) is 32.7 Å². The number of nitrogens with one attached hydrogen (secondary N) is 2. The van der Waals surface area contributed by atoms with Crippen molar-refractivity contribution in [3.05, 3.63) is 99.8 Å². The molecule has 224 valence electrons. The number of rotatable bonds is 10. The van der Waals surface area contributed by atoms with Crippen LogP contribution in [0.25, 0.3) is 5.69 Å². The summed E-state index contributed by atoms with van der Waals surface area (Å²) in [6.45, 7) is 4.57. The van der Waals surface area contributed by atoms with Gasteiger partial charge in [-0.05, 0) is 86.6 Å². The summed E-state index contributed by atoms with van der Waals surface area (Å²) in [7, 11) is -2.71. The van der Waals surface area contributed by atoms with Gasteiger partial charge in [-0.1, -0.05) is 23.2 Å². The molecule has 0 aliphatic heterocycles. The summed E-state index contributed by atoms with van der Waals surface area (Å²) >= 11 is 12.6. The average molecular weight is 643 g/mol. The maximum atomic E-state index is 13.7. The number of hydrogen-bond donors (Lipinski definition) is 2. The summed E-state index contributed by atoms with van der Waals surface area (Å²) in [5.74, 6) is -0.438. The van der Waals surface area contributed by atoms with E-state index in [-0.39, 0.29) is 16.5 Å². The summed E-state index contributed by atoms with van der Waals surface area (Å²) in [5, 5.41) is 7.73. The fourth-order valence-electron chi connectivity index (χ4n) is 4.39. The molecular weight excluding hydrogens is 613 g/mol. The van der Waals surface area contributed by atoms with Gasteiger partial charge in [0.05, 0.1) is 34.6 Å². The van der Waals surface area contributed by atoms with Crippen molar-refractivity contribution < 1.29 is 22.7 Å². The van der Waals surface area contributed by atoms with E-state index < -0.39 is 22.5 Å². The Morgan fingerprint density at radius 1 is 1.00 bits per heavy atom. The topological polar surface area (TPSA) is 122 Å². The van der Waals surface area contributed by atoms with Crippen LogP contribution in [0.2, 0.25) is 10.0 Å². The van der Waals surface area contributed by atoms with Gasteiger partial charge in [-0.3, -0.25) is 13.9 Å². The van der Waals surface area contributed by atoms with Gasteiger partial charge >= 0.3 is 0 Å². The Kier molecular flexibility index (Phi) is 9.80. The Morgan fingerprint density at radius 3 is 2.30 bits per heavy atom. The number of aryl methyl sites for hydroxylation is 1.